The number of hydrogen-bond donors (Lipinski definition) is 2. The minimum Gasteiger partial charge on any atom is -0.478 e. The quantitative estimate of drug-likeness (QED) is 0.335. The number of carbonyl (C=O) groups is 2. The Labute approximate surface area is 222 Å². The van der Waals surface area contributed by atoms with Crippen LogP contribution in [0.15, 0.2) is 77.6 Å². The predicted molar refractivity (Wildman–Crippen MR) is 146 cm³/mol. The van der Waals surface area contributed by atoms with E-state index in [1.807, 2.05) is 24.3 Å². The smallest absolute Gasteiger partial charge is 0.335 e. The Morgan fingerprint density at radius 1 is 0.897 bits per heavy atom. The van der Waals surface area contributed by atoms with Crippen molar-refractivity contribution in [2.75, 3.05) is 41.3 Å². The SMILES string of the molecule is O=C(O)c1ccc(Nc2cc(N3CCN(c4ncccn4)CC3)c3noc4c3c2C(=O)c2ccccc2-4)cc1. The molecule has 1 aliphatic heterocycles. The van der Waals surface area contributed by atoms with Crippen LogP contribution in [0, 0.1) is 0 Å². The highest BCUT2D eigenvalue weighted by Gasteiger charge is 2.34. The maximum Gasteiger partial charge on any atom is 0.335 e. The molecule has 0 spiro atoms. The average Bonchev–Trinajstić information content (AvgIpc) is 3.42. The molecular weight excluding hydrogens is 496 g/mol. The molecule has 0 saturated carbocycles. The van der Waals surface area contributed by atoms with E-state index in [1.54, 1.807) is 36.7 Å². The highest BCUT2D eigenvalue weighted by atomic mass is 16.5. The molecule has 0 amide bonds. The number of piperazine rings is 1. The van der Waals surface area contributed by atoms with E-state index in [-0.39, 0.29) is 11.3 Å². The molecule has 2 N–H and O–H groups in total. The zero-order chi connectivity index (χ0) is 26.5. The first kappa shape index (κ1) is 22.9. The topological polar surface area (TPSA) is 125 Å². The second kappa shape index (κ2) is 8.95. The summed E-state index contributed by atoms with van der Waals surface area (Å²) in [6.45, 7) is 2.84. The van der Waals surface area contributed by atoms with Crippen molar-refractivity contribution >= 4 is 45.7 Å². The van der Waals surface area contributed by atoms with Gasteiger partial charge in [-0.15, -0.1) is 0 Å². The molecule has 0 unspecified atom stereocenters. The first-order chi connectivity index (χ1) is 19.1. The van der Waals surface area contributed by atoms with Crippen molar-refractivity contribution in [3.8, 4) is 11.3 Å². The van der Waals surface area contributed by atoms with Gasteiger partial charge in [-0.3, -0.25) is 4.79 Å². The Bertz CT molecular complexity index is 1740. The third-order valence-electron chi connectivity index (χ3n) is 7.24. The standard InChI is InChI=1S/C29H22N6O4/c36-26-19-4-1-2-5-20(19)27-24-23(26)21(32-18-8-6-17(7-9-18)28(37)38)16-22(25(24)33-39-27)34-12-14-35(15-13-34)29-30-10-3-11-31-29/h1-11,16,32H,12-15H2,(H,37,38). The number of aromatic carboxylic acids is 1. The number of carboxylic acid groups (broad SMARTS) is 1. The van der Waals surface area contributed by atoms with E-state index in [9.17, 15) is 14.7 Å². The van der Waals surface area contributed by atoms with E-state index in [1.165, 1.54) is 12.1 Å². The van der Waals surface area contributed by atoms with E-state index in [2.05, 4.69) is 30.2 Å². The molecule has 1 fully saturated rings. The Hall–Kier alpha value is -5.25. The van der Waals surface area contributed by atoms with Gasteiger partial charge in [0.25, 0.3) is 0 Å². The summed E-state index contributed by atoms with van der Waals surface area (Å²) in [5, 5.41) is 17.8. The number of anilines is 4. The summed E-state index contributed by atoms with van der Waals surface area (Å²) in [4.78, 5) is 38.3. The van der Waals surface area contributed by atoms with Crippen LogP contribution >= 0.6 is 0 Å². The van der Waals surface area contributed by atoms with Gasteiger partial charge in [0, 0.05) is 55.4 Å². The zero-order valence-electron chi connectivity index (χ0n) is 20.7. The maximum atomic E-state index is 13.8. The summed E-state index contributed by atoms with van der Waals surface area (Å²) < 4.78 is 5.89. The molecule has 7 rings (SSSR count). The van der Waals surface area contributed by atoms with Gasteiger partial charge in [-0.2, -0.15) is 0 Å². The zero-order valence-corrected chi connectivity index (χ0v) is 20.7. The molecule has 3 aromatic carbocycles. The number of fused-ring (bicyclic) bond motifs is 2. The van der Waals surface area contributed by atoms with Crippen LogP contribution in [0.4, 0.5) is 23.0 Å². The summed E-state index contributed by atoms with van der Waals surface area (Å²) in [6, 6.07) is 17.6. The lowest BCUT2D eigenvalue weighted by molar-refractivity contribution is 0.0696. The Morgan fingerprint density at radius 3 is 2.31 bits per heavy atom. The lowest BCUT2D eigenvalue weighted by Gasteiger charge is -2.36. The molecule has 2 aliphatic rings. The molecule has 39 heavy (non-hydrogen) atoms. The van der Waals surface area contributed by atoms with Gasteiger partial charge in [0.2, 0.25) is 5.95 Å². The monoisotopic (exact) mass is 518 g/mol. The van der Waals surface area contributed by atoms with Gasteiger partial charge in [0.05, 0.1) is 27.9 Å². The van der Waals surface area contributed by atoms with Crippen molar-refractivity contribution in [2.24, 2.45) is 0 Å². The summed E-state index contributed by atoms with van der Waals surface area (Å²) >= 11 is 0. The fraction of sp³-hybridized carbons (Fsp3) is 0.138. The van der Waals surface area contributed by atoms with E-state index < -0.39 is 5.97 Å². The Morgan fingerprint density at radius 2 is 1.59 bits per heavy atom. The maximum absolute atomic E-state index is 13.8. The van der Waals surface area contributed by atoms with Crippen LogP contribution in [-0.4, -0.2) is 58.2 Å². The van der Waals surface area contributed by atoms with Gasteiger partial charge in [-0.05, 0) is 36.4 Å². The number of nitrogens with zero attached hydrogens (tertiary/aromatic N) is 5. The molecule has 5 aromatic rings. The van der Waals surface area contributed by atoms with Gasteiger partial charge >= 0.3 is 5.97 Å². The largest absolute Gasteiger partial charge is 0.478 e. The molecule has 3 heterocycles. The van der Waals surface area contributed by atoms with Crippen molar-refractivity contribution in [2.45, 2.75) is 0 Å². The summed E-state index contributed by atoms with van der Waals surface area (Å²) in [6.07, 6.45) is 3.48. The number of rotatable bonds is 5. The lowest BCUT2D eigenvalue weighted by atomic mass is 9.86. The first-order valence-electron chi connectivity index (χ1n) is 12.6. The number of benzene rings is 3. The molecule has 2 aromatic heterocycles. The third kappa shape index (κ3) is 3.76. The van der Waals surface area contributed by atoms with Gasteiger partial charge < -0.3 is 24.7 Å². The van der Waals surface area contributed by atoms with Crippen LogP contribution in [0.25, 0.3) is 22.2 Å². The van der Waals surface area contributed by atoms with Gasteiger partial charge in [0.1, 0.15) is 5.52 Å². The van der Waals surface area contributed by atoms with Gasteiger partial charge in [0.15, 0.2) is 11.5 Å². The van der Waals surface area contributed by atoms with Crippen LogP contribution in [0.5, 0.6) is 0 Å². The van der Waals surface area contributed by atoms with Crippen LogP contribution in [-0.2, 0) is 0 Å². The fourth-order valence-corrected chi connectivity index (χ4v) is 5.34. The molecular formula is C29H22N6O4. The first-order valence-corrected chi connectivity index (χ1v) is 12.6. The van der Waals surface area contributed by atoms with Crippen LogP contribution in [0.1, 0.15) is 26.3 Å². The molecule has 192 valence electrons. The van der Waals surface area contributed by atoms with Crippen molar-refractivity contribution in [1.82, 2.24) is 15.1 Å². The Kier molecular flexibility index (Phi) is 5.25. The van der Waals surface area contributed by atoms with Crippen molar-refractivity contribution in [3.05, 3.63) is 89.7 Å². The number of ketones is 1. The van der Waals surface area contributed by atoms with E-state index in [4.69, 9.17) is 4.52 Å². The lowest BCUT2D eigenvalue weighted by Crippen LogP contribution is -2.47. The second-order valence-electron chi connectivity index (χ2n) is 9.46. The van der Waals surface area contributed by atoms with Crippen molar-refractivity contribution in [1.29, 1.82) is 0 Å². The average molecular weight is 519 g/mol. The number of nitrogens with one attached hydrogen (secondary N) is 1. The molecule has 1 aliphatic carbocycles. The number of hydrogen-bond acceptors (Lipinski definition) is 9. The van der Waals surface area contributed by atoms with E-state index >= 15 is 0 Å². The molecule has 10 heteroatoms. The normalized spacial score (nSPS) is 14.4. The molecule has 1 saturated heterocycles. The molecule has 0 bridgehead atoms. The van der Waals surface area contributed by atoms with Crippen molar-refractivity contribution in [3.63, 3.8) is 0 Å². The minimum absolute atomic E-state index is 0.117. The third-order valence-corrected chi connectivity index (χ3v) is 7.24. The van der Waals surface area contributed by atoms with Crippen LogP contribution in [0.2, 0.25) is 0 Å². The summed E-state index contributed by atoms with van der Waals surface area (Å²) in [5.41, 5.74) is 4.71. The van der Waals surface area contributed by atoms with E-state index in [0.717, 1.165) is 24.3 Å². The number of carbonyl (C=O) groups excluding carboxylic acids is 1. The molecule has 0 atom stereocenters. The van der Waals surface area contributed by atoms with Gasteiger partial charge in [-0.1, -0.05) is 29.4 Å². The molecule has 10 nitrogen and oxygen atoms in total. The fourth-order valence-electron chi connectivity index (χ4n) is 5.34. The van der Waals surface area contributed by atoms with Crippen molar-refractivity contribution < 1.29 is 19.2 Å². The Balaban J connectivity index is 1.33. The highest BCUT2D eigenvalue weighted by molar-refractivity contribution is 6.28. The van der Waals surface area contributed by atoms with Gasteiger partial charge in [-0.25, -0.2) is 14.8 Å². The van der Waals surface area contributed by atoms with Crippen LogP contribution < -0.4 is 15.1 Å². The summed E-state index contributed by atoms with van der Waals surface area (Å²) in [5.74, 6) is 0.151. The number of aromatic nitrogens is 3. The van der Waals surface area contributed by atoms with Crippen LogP contribution in [0.3, 0.4) is 0 Å². The summed E-state index contributed by atoms with van der Waals surface area (Å²) in [7, 11) is 0. The highest BCUT2D eigenvalue weighted by Crippen LogP contribution is 2.46. The van der Waals surface area contributed by atoms with E-state index in [0.29, 0.717) is 58.2 Å². The predicted octanol–water partition coefficient (Wildman–Crippen LogP) is 4.60. The molecule has 0 radical (unpaired) electrons. The second-order valence-corrected chi connectivity index (χ2v) is 9.46. The number of carboxylic acids is 1. The minimum atomic E-state index is -0.999.